The third kappa shape index (κ3) is 2.22. The van der Waals surface area contributed by atoms with Gasteiger partial charge in [-0.05, 0) is 23.8 Å². The fourth-order valence-corrected chi connectivity index (χ4v) is 2.71. The second-order valence-electron chi connectivity index (χ2n) is 3.20. The van der Waals surface area contributed by atoms with E-state index in [1.54, 1.807) is 0 Å². The van der Waals surface area contributed by atoms with Gasteiger partial charge in [0.05, 0.1) is 0 Å². The minimum atomic E-state index is -0.136. The van der Waals surface area contributed by atoms with E-state index in [2.05, 4.69) is 10.1 Å². The van der Waals surface area contributed by atoms with Crippen LogP contribution in [0.25, 0.3) is 0 Å². The Balaban J connectivity index is 1.92. The molecule has 0 radical (unpaired) electrons. The first-order chi connectivity index (χ1) is 6.38. The number of aromatic nitrogens is 2. The standard InChI is InChI=1S/C8H12N2O2S/c11-4-7-9-8(12-10-7)3-6-1-2-13-5-6/h6,11H,1-5H2. The quantitative estimate of drug-likeness (QED) is 0.784. The van der Waals surface area contributed by atoms with Crippen molar-refractivity contribution < 1.29 is 9.63 Å². The van der Waals surface area contributed by atoms with Gasteiger partial charge in [-0.2, -0.15) is 16.7 Å². The molecule has 0 bridgehead atoms. The van der Waals surface area contributed by atoms with Crippen LogP contribution in [0.2, 0.25) is 0 Å². The van der Waals surface area contributed by atoms with Crippen molar-refractivity contribution in [1.29, 1.82) is 0 Å². The molecule has 13 heavy (non-hydrogen) atoms. The fraction of sp³-hybridized carbons (Fsp3) is 0.750. The topological polar surface area (TPSA) is 59.2 Å². The summed E-state index contributed by atoms with van der Waals surface area (Å²) in [5.74, 6) is 4.16. The van der Waals surface area contributed by atoms with Crippen LogP contribution in [0.3, 0.4) is 0 Å². The van der Waals surface area contributed by atoms with E-state index in [4.69, 9.17) is 9.63 Å². The van der Waals surface area contributed by atoms with Gasteiger partial charge in [0.15, 0.2) is 5.82 Å². The fourth-order valence-electron chi connectivity index (χ4n) is 1.43. The summed E-state index contributed by atoms with van der Waals surface area (Å²) in [7, 11) is 0. The summed E-state index contributed by atoms with van der Waals surface area (Å²) < 4.78 is 4.99. The highest BCUT2D eigenvalue weighted by atomic mass is 32.2. The van der Waals surface area contributed by atoms with Crippen LogP contribution in [0.1, 0.15) is 18.1 Å². The molecule has 1 fully saturated rings. The molecule has 1 unspecified atom stereocenters. The molecule has 0 amide bonds. The van der Waals surface area contributed by atoms with Crippen molar-refractivity contribution in [2.24, 2.45) is 5.92 Å². The van der Waals surface area contributed by atoms with Gasteiger partial charge in [0.1, 0.15) is 6.61 Å². The lowest BCUT2D eigenvalue weighted by Gasteiger charge is -2.01. The summed E-state index contributed by atoms with van der Waals surface area (Å²) >= 11 is 1.97. The van der Waals surface area contributed by atoms with E-state index in [-0.39, 0.29) is 6.61 Å². The van der Waals surface area contributed by atoms with Crippen LogP contribution in [-0.4, -0.2) is 26.8 Å². The van der Waals surface area contributed by atoms with Crippen molar-refractivity contribution >= 4 is 11.8 Å². The smallest absolute Gasteiger partial charge is 0.227 e. The average molecular weight is 200 g/mol. The van der Waals surface area contributed by atoms with Gasteiger partial charge in [-0.1, -0.05) is 5.16 Å². The Morgan fingerprint density at radius 2 is 2.54 bits per heavy atom. The van der Waals surface area contributed by atoms with E-state index in [9.17, 15) is 0 Å². The van der Waals surface area contributed by atoms with Crippen LogP contribution in [0, 0.1) is 5.92 Å². The maximum Gasteiger partial charge on any atom is 0.227 e. The largest absolute Gasteiger partial charge is 0.388 e. The van der Waals surface area contributed by atoms with Gasteiger partial charge in [-0.15, -0.1) is 0 Å². The summed E-state index contributed by atoms with van der Waals surface area (Å²) in [6.07, 6.45) is 2.10. The first kappa shape index (κ1) is 9.02. The molecule has 0 spiro atoms. The molecule has 1 saturated heterocycles. The van der Waals surface area contributed by atoms with Gasteiger partial charge >= 0.3 is 0 Å². The van der Waals surface area contributed by atoms with Gasteiger partial charge in [0.25, 0.3) is 0 Å². The Kier molecular flexibility index (Phi) is 2.85. The summed E-state index contributed by atoms with van der Waals surface area (Å²) in [6, 6.07) is 0. The average Bonchev–Trinajstić information content (AvgIpc) is 2.76. The Bertz CT molecular complexity index is 271. The Labute approximate surface area is 80.7 Å². The van der Waals surface area contributed by atoms with Gasteiger partial charge in [-0.3, -0.25) is 0 Å². The summed E-state index contributed by atoms with van der Waals surface area (Å²) in [4.78, 5) is 4.06. The Morgan fingerprint density at radius 1 is 1.62 bits per heavy atom. The lowest BCUT2D eigenvalue weighted by molar-refractivity contribution is 0.262. The molecular formula is C8H12N2O2S. The minimum absolute atomic E-state index is 0.136. The lowest BCUT2D eigenvalue weighted by Crippen LogP contribution is -2.02. The van der Waals surface area contributed by atoms with E-state index in [1.807, 2.05) is 11.8 Å². The molecule has 5 heteroatoms. The molecule has 1 atom stereocenters. The summed E-state index contributed by atoms with van der Waals surface area (Å²) in [5.41, 5.74) is 0. The number of rotatable bonds is 3. The number of nitrogens with zero attached hydrogens (tertiary/aromatic N) is 2. The van der Waals surface area contributed by atoms with Crippen molar-refractivity contribution in [2.75, 3.05) is 11.5 Å². The predicted molar refractivity (Wildman–Crippen MR) is 49.4 cm³/mol. The van der Waals surface area contributed by atoms with Crippen LogP contribution < -0.4 is 0 Å². The van der Waals surface area contributed by atoms with Gasteiger partial charge < -0.3 is 9.63 Å². The SMILES string of the molecule is OCc1noc(CC2CCSC2)n1. The van der Waals surface area contributed by atoms with Gasteiger partial charge in [0, 0.05) is 6.42 Å². The number of aliphatic hydroxyl groups is 1. The van der Waals surface area contributed by atoms with E-state index in [0.29, 0.717) is 17.6 Å². The lowest BCUT2D eigenvalue weighted by atomic mass is 10.1. The first-order valence-corrected chi connectivity index (χ1v) is 5.54. The molecule has 1 aliphatic heterocycles. The molecule has 2 rings (SSSR count). The van der Waals surface area contributed by atoms with Gasteiger partial charge in [0.2, 0.25) is 5.89 Å². The zero-order valence-corrected chi connectivity index (χ0v) is 8.09. The van der Waals surface area contributed by atoms with Crippen LogP contribution in [0.15, 0.2) is 4.52 Å². The molecule has 0 saturated carbocycles. The molecule has 1 aliphatic rings. The molecule has 72 valence electrons. The van der Waals surface area contributed by atoms with Crippen molar-refractivity contribution in [3.63, 3.8) is 0 Å². The van der Waals surface area contributed by atoms with Crippen LogP contribution in [-0.2, 0) is 13.0 Å². The van der Waals surface area contributed by atoms with Crippen molar-refractivity contribution in [1.82, 2.24) is 10.1 Å². The van der Waals surface area contributed by atoms with E-state index in [0.717, 1.165) is 6.42 Å². The second-order valence-corrected chi connectivity index (χ2v) is 4.35. The highest BCUT2D eigenvalue weighted by Crippen LogP contribution is 2.25. The maximum absolute atomic E-state index is 8.72. The molecule has 1 aromatic heterocycles. The van der Waals surface area contributed by atoms with Crippen molar-refractivity contribution in [3.8, 4) is 0 Å². The van der Waals surface area contributed by atoms with Crippen LogP contribution in [0.4, 0.5) is 0 Å². The zero-order chi connectivity index (χ0) is 9.10. The number of aliphatic hydroxyl groups excluding tert-OH is 1. The van der Waals surface area contributed by atoms with Crippen molar-refractivity contribution in [2.45, 2.75) is 19.4 Å². The molecule has 4 nitrogen and oxygen atoms in total. The highest BCUT2D eigenvalue weighted by molar-refractivity contribution is 7.99. The normalized spacial score (nSPS) is 22.4. The minimum Gasteiger partial charge on any atom is -0.388 e. The maximum atomic E-state index is 8.72. The zero-order valence-electron chi connectivity index (χ0n) is 7.27. The van der Waals surface area contributed by atoms with E-state index < -0.39 is 0 Å². The number of hydrogen-bond donors (Lipinski definition) is 1. The third-order valence-corrected chi connectivity index (χ3v) is 3.37. The summed E-state index contributed by atoms with van der Waals surface area (Å²) in [5, 5.41) is 12.4. The Hall–Kier alpha value is -0.550. The van der Waals surface area contributed by atoms with Crippen LogP contribution >= 0.6 is 11.8 Å². The molecule has 0 aliphatic carbocycles. The molecule has 1 aromatic rings. The monoisotopic (exact) mass is 200 g/mol. The molecule has 0 aromatic carbocycles. The van der Waals surface area contributed by atoms with E-state index in [1.165, 1.54) is 17.9 Å². The molecule has 2 heterocycles. The van der Waals surface area contributed by atoms with Crippen molar-refractivity contribution in [3.05, 3.63) is 11.7 Å². The molecular weight excluding hydrogens is 188 g/mol. The second kappa shape index (κ2) is 4.11. The number of thioether (sulfide) groups is 1. The van der Waals surface area contributed by atoms with Crippen LogP contribution in [0.5, 0.6) is 0 Å². The third-order valence-electron chi connectivity index (χ3n) is 2.14. The molecule has 1 N–H and O–H groups in total. The first-order valence-electron chi connectivity index (χ1n) is 4.38. The predicted octanol–water partition coefficient (Wildman–Crippen LogP) is 0.858. The summed E-state index contributed by atoms with van der Waals surface area (Å²) in [6.45, 7) is -0.136. The van der Waals surface area contributed by atoms with Gasteiger partial charge in [-0.25, -0.2) is 0 Å². The Morgan fingerprint density at radius 3 is 3.15 bits per heavy atom. The highest BCUT2D eigenvalue weighted by Gasteiger charge is 2.18. The van der Waals surface area contributed by atoms with E-state index >= 15 is 0 Å². The number of hydrogen-bond acceptors (Lipinski definition) is 5.